The summed E-state index contributed by atoms with van der Waals surface area (Å²) < 4.78 is 5.52. The fourth-order valence-electron chi connectivity index (χ4n) is 2.05. The largest absolute Gasteiger partial charge is 0.464 e. The summed E-state index contributed by atoms with van der Waals surface area (Å²) in [5.74, 6) is 0.887. The van der Waals surface area contributed by atoms with Crippen LogP contribution in [0.15, 0.2) is 89.1 Å². The van der Waals surface area contributed by atoms with Crippen LogP contribution in [0.4, 0.5) is 0 Å². The Morgan fingerprint density at radius 3 is 2.37 bits per heavy atom. The zero-order chi connectivity index (χ0) is 12.9. The van der Waals surface area contributed by atoms with Gasteiger partial charge in [-0.2, -0.15) is 0 Å². The first kappa shape index (κ1) is 11.5. The zero-order valence-electron chi connectivity index (χ0n) is 10.5. The molecule has 1 nitrogen and oxygen atoms in total. The van der Waals surface area contributed by atoms with Crippen LogP contribution < -0.4 is 0 Å². The van der Waals surface area contributed by atoms with Crippen LogP contribution >= 0.6 is 0 Å². The van der Waals surface area contributed by atoms with Gasteiger partial charge >= 0.3 is 0 Å². The van der Waals surface area contributed by atoms with Gasteiger partial charge in [0.15, 0.2) is 0 Å². The molecule has 19 heavy (non-hydrogen) atoms. The normalized spacial score (nSPS) is 13.6. The van der Waals surface area contributed by atoms with E-state index < -0.39 is 0 Å². The molecule has 0 radical (unpaired) electrons. The summed E-state index contributed by atoms with van der Waals surface area (Å²) in [4.78, 5) is 0. The maximum absolute atomic E-state index is 5.52. The maximum atomic E-state index is 5.52. The van der Waals surface area contributed by atoms with Gasteiger partial charge in [-0.25, -0.2) is 0 Å². The van der Waals surface area contributed by atoms with Gasteiger partial charge < -0.3 is 4.42 Å². The monoisotopic (exact) mass is 246 g/mol. The third-order valence-electron chi connectivity index (χ3n) is 3.00. The second-order valence-corrected chi connectivity index (χ2v) is 4.31. The molecule has 0 bridgehead atoms. The van der Waals surface area contributed by atoms with Gasteiger partial charge in [-0.3, -0.25) is 0 Å². The number of allylic oxidation sites excluding steroid dienone is 7. The van der Waals surface area contributed by atoms with Crippen LogP contribution in [0.25, 0.3) is 11.6 Å². The standard InChI is InChI=1S/C18H14O/c1-2-7-15(8-3-1)12-13-17(16-9-4-5-10-16)18-11-6-14-19-18/h1-14H/b13-12+. The van der Waals surface area contributed by atoms with E-state index in [1.807, 2.05) is 42.5 Å². The fourth-order valence-corrected chi connectivity index (χ4v) is 2.05. The van der Waals surface area contributed by atoms with Crippen molar-refractivity contribution in [2.45, 2.75) is 0 Å². The molecule has 92 valence electrons. The molecule has 0 spiro atoms. The molecule has 0 saturated heterocycles. The second kappa shape index (κ2) is 5.40. The Bertz CT molecular complexity index is 639. The summed E-state index contributed by atoms with van der Waals surface area (Å²) in [7, 11) is 0. The molecule has 2 aromatic rings. The van der Waals surface area contributed by atoms with Crippen LogP contribution in [-0.4, -0.2) is 0 Å². The lowest BCUT2D eigenvalue weighted by Gasteiger charge is -2.01. The van der Waals surface area contributed by atoms with Gasteiger partial charge in [0.25, 0.3) is 0 Å². The van der Waals surface area contributed by atoms with Crippen molar-refractivity contribution in [2.75, 3.05) is 0 Å². The Morgan fingerprint density at radius 1 is 0.895 bits per heavy atom. The molecule has 0 fully saturated rings. The van der Waals surface area contributed by atoms with Crippen molar-refractivity contribution in [2.24, 2.45) is 0 Å². The van der Waals surface area contributed by atoms with Crippen molar-refractivity contribution < 1.29 is 4.42 Å². The fraction of sp³-hybridized carbons (Fsp3) is 0. The van der Waals surface area contributed by atoms with E-state index >= 15 is 0 Å². The van der Waals surface area contributed by atoms with E-state index in [4.69, 9.17) is 4.42 Å². The summed E-state index contributed by atoms with van der Waals surface area (Å²) in [5.41, 5.74) is 3.44. The van der Waals surface area contributed by atoms with E-state index in [2.05, 4.69) is 36.4 Å². The Morgan fingerprint density at radius 2 is 1.68 bits per heavy atom. The van der Waals surface area contributed by atoms with E-state index in [0.717, 1.165) is 11.3 Å². The molecule has 3 rings (SSSR count). The highest BCUT2D eigenvalue weighted by Gasteiger charge is 2.06. The maximum Gasteiger partial charge on any atom is 0.134 e. The van der Waals surface area contributed by atoms with Crippen LogP contribution in [0.1, 0.15) is 11.3 Å². The molecule has 0 saturated carbocycles. The smallest absolute Gasteiger partial charge is 0.134 e. The third-order valence-corrected chi connectivity index (χ3v) is 3.00. The van der Waals surface area contributed by atoms with Crippen molar-refractivity contribution in [3.05, 3.63) is 96.0 Å². The molecular formula is C18H14O. The SMILES string of the molecule is C1=CC(=C(/C=C/c2ccccc2)c2ccco2)C=C1. The molecule has 0 atom stereocenters. The van der Waals surface area contributed by atoms with Gasteiger partial charge in [-0.05, 0) is 23.3 Å². The van der Waals surface area contributed by atoms with Gasteiger partial charge in [0.1, 0.15) is 5.76 Å². The van der Waals surface area contributed by atoms with Crippen molar-refractivity contribution in [1.82, 2.24) is 0 Å². The van der Waals surface area contributed by atoms with E-state index in [9.17, 15) is 0 Å². The molecule has 1 aromatic carbocycles. The van der Waals surface area contributed by atoms with Crippen molar-refractivity contribution in [1.29, 1.82) is 0 Å². The summed E-state index contributed by atoms with van der Waals surface area (Å²) in [6.45, 7) is 0. The molecule has 0 aliphatic heterocycles. The Labute approximate surface area is 112 Å². The second-order valence-electron chi connectivity index (χ2n) is 4.31. The summed E-state index contributed by atoms with van der Waals surface area (Å²) >= 11 is 0. The topological polar surface area (TPSA) is 13.1 Å². The predicted molar refractivity (Wildman–Crippen MR) is 79.4 cm³/mol. The van der Waals surface area contributed by atoms with E-state index in [1.165, 1.54) is 11.1 Å². The average Bonchev–Trinajstić information content (AvgIpc) is 3.13. The molecule has 0 amide bonds. The first-order valence-corrected chi connectivity index (χ1v) is 6.29. The van der Waals surface area contributed by atoms with Gasteiger partial charge in [0, 0.05) is 5.57 Å². The van der Waals surface area contributed by atoms with E-state index in [-0.39, 0.29) is 0 Å². The Kier molecular flexibility index (Phi) is 3.28. The van der Waals surface area contributed by atoms with Crippen LogP contribution in [0.5, 0.6) is 0 Å². The molecule has 1 aromatic heterocycles. The van der Waals surface area contributed by atoms with Crippen LogP contribution in [0, 0.1) is 0 Å². The van der Waals surface area contributed by atoms with Gasteiger partial charge in [-0.15, -0.1) is 0 Å². The van der Waals surface area contributed by atoms with Crippen LogP contribution in [0.3, 0.4) is 0 Å². The van der Waals surface area contributed by atoms with Crippen molar-refractivity contribution >= 4 is 11.6 Å². The number of rotatable bonds is 3. The zero-order valence-corrected chi connectivity index (χ0v) is 10.5. The first-order valence-electron chi connectivity index (χ1n) is 6.29. The minimum atomic E-state index is 0.887. The van der Waals surface area contributed by atoms with Gasteiger partial charge in [0.2, 0.25) is 0 Å². The Hall–Kier alpha value is -2.54. The molecule has 1 aliphatic carbocycles. The van der Waals surface area contributed by atoms with Gasteiger partial charge in [-0.1, -0.05) is 66.8 Å². The molecule has 0 N–H and O–H groups in total. The lowest BCUT2D eigenvalue weighted by atomic mass is 10.0. The van der Waals surface area contributed by atoms with Crippen molar-refractivity contribution in [3.8, 4) is 0 Å². The molecule has 1 aliphatic rings. The number of hydrogen-bond donors (Lipinski definition) is 0. The Balaban J connectivity index is 1.98. The average molecular weight is 246 g/mol. The summed E-state index contributed by atoms with van der Waals surface area (Å²) in [6, 6.07) is 14.2. The molecule has 1 heterocycles. The highest BCUT2D eigenvalue weighted by Crippen LogP contribution is 2.25. The van der Waals surface area contributed by atoms with Crippen LogP contribution in [0.2, 0.25) is 0 Å². The highest BCUT2D eigenvalue weighted by molar-refractivity contribution is 5.82. The highest BCUT2D eigenvalue weighted by atomic mass is 16.3. The molecule has 1 heteroatoms. The first-order chi connectivity index (χ1) is 9.43. The predicted octanol–water partition coefficient (Wildman–Crippen LogP) is 4.87. The summed E-state index contributed by atoms with van der Waals surface area (Å²) in [5, 5.41) is 0. The van der Waals surface area contributed by atoms with E-state index in [0.29, 0.717) is 0 Å². The third kappa shape index (κ3) is 2.66. The minimum Gasteiger partial charge on any atom is -0.464 e. The lowest BCUT2D eigenvalue weighted by molar-refractivity contribution is 0.554. The van der Waals surface area contributed by atoms with Gasteiger partial charge in [0.05, 0.1) is 6.26 Å². The minimum absolute atomic E-state index is 0.887. The number of benzene rings is 1. The van der Waals surface area contributed by atoms with Crippen LogP contribution in [-0.2, 0) is 0 Å². The summed E-state index contributed by atoms with van der Waals surface area (Å²) in [6.07, 6.45) is 14.2. The number of furan rings is 1. The molecular weight excluding hydrogens is 232 g/mol. The quantitative estimate of drug-likeness (QED) is 0.752. The number of hydrogen-bond acceptors (Lipinski definition) is 1. The van der Waals surface area contributed by atoms with E-state index in [1.54, 1.807) is 6.26 Å². The van der Waals surface area contributed by atoms with Crippen molar-refractivity contribution in [3.63, 3.8) is 0 Å². The molecule has 0 unspecified atom stereocenters. The lowest BCUT2D eigenvalue weighted by Crippen LogP contribution is -1.82.